The molecule has 4 aromatic rings. The van der Waals surface area contributed by atoms with Gasteiger partial charge in [0, 0.05) is 10.3 Å². The molecule has 3 heterocycles. The summed E-state index contributed by atoms with van der Waals surface area (Å²) in [7, 11) is 0. The van der Waals surface area contributed by atoms with E-state index in [1.807, 2.05) is 18.2 Å². The van der Waals surface area contributed by atoms with Crippen LogP contribution in [0.3, 0.4) is 0 Å². The Morgan fingerprint density at radius 1 is 1.21 bits per heavy atom. The van der Waals surface area contributed by atoms with E-state index in [0.29, 0.717) is 16.2 Å². The summed E-state index contributed by atoms with van der Waals surface area (Å²) in [5.41, 5.74) is 2.01. The largest absolute Gasteiger partial charge is 0.448 e. The molecule has 0 radical (unpaired) electrons. The standard InChI is InChI=1S/C20H18N4O3S/c25-16(23-20-22-13-7-2-1-3-9-15(13)28-20)10-24-11-21-17-12-6-4-5-8-14(12)27-18(17)19(24)26/h4-6,8,11H,1-3,7,9-10H2,(H,22,23,25). The Morgan fingerprint density at radius 3 is 3.00 bits per heavy atom. The molecule has 1 N–H and O–H groups in total. The van der Waals surface area contributed by atoms with Crippen LogP contribution in [0, 0.1) is 0 Å². The minimum atomic E-state index is -0.369. The van der Waals surface area contributed by atoms with Crippen molar-refractivity contribution in [1.82, 2.24) is 14.5 Å². The summed E-state index contributed by atoms with van der Waals surface area (Å²) < 4.78 is 6.92. The zero-order valence-corrected chi connectivity index (χ0v) is 15.9. The SMILES string of the molecule is O=C(Cn1cnc2c(oc3ccccc32)c1=O)Nc1nc2c(s1)CCCCC2. The third-order valence-electron chi connectivity index (χ3n) is 5.01. The Hall–Kier alpha value is -3.00. The van der Waals surface area contributed by atoms with Crippen molar-refractivity contribution in [2.45, 2.75) is 38.6 Å². The van der Waals surface area contributed by atoms with Crippen LogP contribution in [0.15, 0.2) is 39.8 Å². The monoisotopic (exact) mass is 394 g/mol. The van der Waals surface area contributed by atoms with E-state index in [4.69, 9.17) is 4.42 Å². The van der Waals surface area contributed by atoms with Crippen LogP contribution in [0.1, 0.15) is 29.8 Å². The number of aromatic nitrogens is 3. The van der Waals surface area contributed by atoms with E-state index in [1.54, 1.807) is 6.07 Å². The Bertz CT molecular complexity index is 1230. The summed E-state index contributed by atoms with van der Waals surface area (Å²) >= 11 is 1.53. The van der Waals surface area contributed by atoms with Gasteiger partial charge < -0.3 is 9.73 Å². The number of carbonyl (C=O) groups is 1. The maximum Gasteiger partial charge on any atom is 0.297 e. The van der Waals surface area contributed by atoms with E-state index in [1.165, 1.54) is 39.9 Å². The molecule has 1 aliphatic rings. The quantitative estimate of drug-likeness (QED) is 0.537. The number of fused-ring (bicyclic) bond motifs is 4. The molecule has 0 spiro atoms. The van der Waals surface area contributed by atoms with Gasteiger partial charge in [-0.05, 0) is 37.8 Å². The van der Waals surface area contributed by atoms with Crippen molar-refractivity contribution in [3.8, 4) is 0 Å². The fourth-order valence-corrected chi connectivity index (χ4v) is 4.69. The highest BCUT2D eigenvalue weighted by Gasteiger charge is 2.17. The molecule has 7 nitrogen and oxygen atoms in total. The first-order chi connectivity index (χ1) is 13.7. The van der Waals surface area contributed by atoms with E-state index in [9.17, 15) is 9.59 Å². The summed E-state index contributed by atoms with van der Waals surface area (Å²) in [4.78, 5) is 35.3. The maximum atomic E-state index is 12.7. The van der Waals surface area contributed by atoms with E-state index >= 15 is 0 Å². The number of furan rings is 1. The first-order valence-electron chi connectivity index (χ1n) is 9.34. The molecule has 3 aromatic heterocycles. The van der Waals surface area contributed by atoms with Crippen LogP contribution in [-0.4, -0.2) is 20.4 Å². The fraction of sp³-hybridized carbons (Fsp3) is 0.300. The first kappa shape index (κ1) is 17.1. The first-order valence-corrected chi connectivity index (χ1v) is 10.2. The highest BCUT2D eigenvalue weighted by Crippen LogP contribution is 2.29. The lowest BCUT2D eigenvalue weighted by atomic mass is 10.2. The van der Waals surface area contributed by atoms with Crippen molar-refractivity contribution in [1.29, 1.82) is 0 Å². The molecule has 1 amide bonds. The van der Waals surface area contributed by atoms with Crippen LogP contribution in [-0.2, 0) is 24.2 Å². The van der Waals surface area contributed by atoms with Crippen molar-refractivity contribution < 1.29 is 9.21 Å². The van der Waals surface area contributed by atoms with Gasteiger partial charge in [0.25, 0.3) is 5.56 Å². The lowest BCUT2D eigenvalue weighted by Crippen LogP contribution is -2.27. The number of aryl methyl sites for hydroxylation is 2. The molecule has 28 heavy (non-hydrogen) atoms. The lowest BCUT2D eigenvalue weighted by Gasteiger charge is -2.04. The summed E-state index contributed by atoms with van der Waals surface area (Å²) in [5, 5.41) is 4.21. The molecule has 0 bridgehead atoms. The van der Waals surface area contributed by atoms with Crippen LogP contribution < -0.4 is 10.9 Å². The minimum Gasteiger partial charge on any atom is -0.448 e. The van der Waals surface area contributed by atoms with E-state index < -0.39 is 0 Å². The number of amides is 1. The average Bonchev–Trinajstić information content (AvgIpc) is 3.18. The van der Waals surface area contributed by atoms with Gasteiger partial charge in [0.2, 0.25) is 11.5 Å². The average molecular weight is 394 g/mol. The fourth-order valence-electron chi connectivity index (χ4n) is 3.62. The Labute approximate surface area is 164 Å². The third kappa shape index (κ3) is 2.99. The van der Waals surface area contributed by atoms with Gasteiger partial charge in [-0.25, -0.2) is 9.97 Å². The number of nitrogens with zero attached hydrogens (tertiary/aromatic N) is 3. The predicted molar refractivity (Wildman–Crippen MR) is 108 cm³/mol. The van der Waals surface area contributed by atoms with Crippen molar-refractivity contribution in [2.24, 2.45) is 0 Å². The maximum absolute atomic E-state index is 12.7. The van der Waals surface area contributed by atoms with Gasteiger partial charge in [0.15, 0.2) is 5.13 Å². The number of thiazole rings is 1. The van der Waals surface area contributed by atoms with Crippen molar-refractivity contribution in [3.05, 3.63) is 51.5 Å². The summed E-state index contributed by atoms with van der Waals surface area (Å²) in [5.74, 6) is -0.303. The molecule has 1 aliphatic carbocycles. The van der Waals surface area contributed by atoms with Gasteiger partial charge in [-0.1, -0.05) is 18.6 Å². The van der Waals surface area contributed by atoms with Crippen LogP contribution >= 0.6 is 11.3 Å². The van der Waals surface area contributed by atoms with Gasteiger partial charge in [0.1, 0.15) is 17.6 Å². The van der Waals surface area contributed by atoms with Gasteiger partial charge in [-0.3, -0.25) is 14.2 Å². The van der Waals surface area contributed by atoms with Gasteiger partial charge in [-0.2, -0.15) is 0 Å². The summed E-state index contributed by atoms with van der Waals surface area (Å²) in [6, 6.07) is 7.36. The minimum absolute atomic E-state index is 0.136. The normalized spacial score (nSPS) is 14.1. The smallest absolute Gasteiger partial charge is 0.297 e. The van der Waals surface area contributed by atoms with Crippen molar-refractivity contribution >= 4 is 44.4 Å². The number of hydrogen-bond donors (Lipinski definition) is 1. The molecule has 0 aliphatic heterocycles. The number of carbonyl (C=O) groups excluding carboxylic acids is 1. The molecule has 142 valence electrons. The molecule has 8 heteroatoms. The number of anilines is 1. The molecule has 5 rings (SSSR count). The third-order valence-corrected chi connectivity index (χ3v) is 6.08. The van der Waals surface area contributed by atoms with Crippen molar-refractivity contribution in [2.75, 3.05) is 5.32 Å². The number of rotatable bonds is 3. The van der Waals surface area contributed by atoms with Crippen LogP contribution in [0.25, 0.3) is 22.1 Å². The summed E-state index contributed by atoms with van der Waals surface area (Å²) in [6.45, 7) is -0.136. The second-order valence-electron chi connectivity index (χ2n) is 6.95. The summed E-state index contributed by atoms with van der Waals surface area (Å²) in [6.07, 6.45) is 6.92. The van der Waals surface area contributed by atoms with Gasteiger partial charge in [0.05, 0.1) is 12.0 Å². The second kappa shape index (κ2) is 6.87. The molecule has 0 unspecified atom stereocenters. The molecule has 0 atom stereocenters. The second-order valence-corrected chi connectivity index (χ2v) is 8.03. The zero-order valence-electron chi connectivity index (χ0n) is 15.1. The van der Waals surface area contributed by atoms with E-state index in [0.717, 1.165) is 30.3 Å². The Balaban J connectivity index is 1.39. The predicted octanol–water partition coefficient (Wildman–Crippen LogP) is 3.51. The van der Waals surface area contributed by atoms with Crippen LogP contribution in [0.2, 0.25) is 0 Å². The molecule has 1 aromatic carbocycles. The highest BCUT2D eigenvalue weighted by atomic mass is 32.1. The molecule has 0 saturated carbocycles. The Morgan fingerprint density at radius 2 is 2.07 bits per heavy atom. The van der Waals surface area contributed by atoms with E-state index in [2.05, 4.69) is 15.3 Å². The number of nitrogens with one attached hydrogen (secondary N) is 1. The number of para-hydroxylation sites is 1. The van der Waals surface area contributed by atoms with E-state index in [-0.39, 0.29) is 23.6 Å². The number of benzene rings is 1. The van der Waals surface area contributed by atoms with Gasteiger partial charge >= 0.3 is 0 Å². The number of hydrogen-bond acceptors (Lipinski definition) is 6. The lowest BCUT2D eigenvalue weighted by molar-refractivity contribution is -0.116. The topological polar surface area (TPSA) is 90.0 Å². The molecule has 0 saturated heterocycles. The highest BCUT2D eigenvalue weighted by molar-refractivity contribution is 7.15. The molecular formula is C20H18N4O3S. The Kier molecular flexibility index (Phi) is 4.20. The van der Waals surface area contributed by atoms with Crippen molar-refractivity contribution in [3.63, 3.8) is 0 Å². The molecular weight excluding hydrogens is 376 g/mol. The molecule has 0 fully saturated rings. The van der Waals surface area contributed by atoms with Crippen LogP contribution in [0.4, 0.5) is 5.13 Å². The van der Waals surface area contributed by atoms with Crippen LogP contribution in [0.5, 0.6) is 0 Å². The zero-order chi connectivity index (χ0) is 19.1. The van der Waals surface area contributed by atoms with Gasteiger partial charge in [-0.15, -0.1) is 11.3 Å².